The monoisotopic (exact) mass is 331 g/mol. The van der Waals surface area contributed by atoms with Gasteiger partial charge in [-0.15, -0.1) is 0 Å². The molecule has 2 aromatic carbocycles. The normalized spacial score (nSPS) is 13.5. The Hall–Kier alpha value is -3.12. The average Bonchev–Trinajstić information content (AvgIpc) is 3.30. The molecule has 6 heteroatoms. The van der Waals surface area contributed by atoms with E-state index < -0.39 is 0 Å². The Balaban J connectivity index is 1.66. The summed E-state index contributed by atoms with van der Waals surface area (Å²) in [5, 5.41) is 18.6. The molecule has 0 saturated heterocycles. The number of hydrogen-bond acceptors (Lipinski definition) is 4. The third-order valence-electron chi connectivity index (χ3n) is 4.73. The molecular weight excluding hydrogens is 314 g/mol. The van der Waals surface area contributed by atoms with E-state index in [1.807, 2.05) is 37.4 Å². The van der Waals surface area contributed by atoms with Crippen LogP contribution in [0.15, 0.2) is 42.5 Å². The molecule has 3 N–H and O–H groups in total. The molecule has 5 rings (SSSR count). The summed E-state index contributed by atoms with van der Waals surface area (Å²) in [6.45, 7) is 1.76. The van der Waals surface area contributed by atoms with Gasteiger partial charge in [0, 0.05) is 25.7 Å². The number of H-pyrrole nitrogens is 1. The number of aromatic hydroxyl groups is 1. The Labute approximate surface area is 144 Å². The van der Waals surface area contributed by atoms with Gasteiger partial charge in [0.25, 0.3) is 0 Å². The maximum absolute atomic E-state index is 10.8. The van der Waals surface area contributed by atoms with Crippen LogP contribution in [0.5, 0.6) is 5.75 Å². The van der Waals surface area contributed by atoms with E-state index in [2.05, 4.69) is 32.5 Å². The van der Waals surface area contributed by atoms with Crippen molar-refractivity contribution in [3.63, 3.8) is 0 Å². The van der Waals surface area contributed by atoms with E-state index in [0.717, 1.165) is 29.7 Å². The van der Waals surface area contributed by atoms with Crippen molar-refractivity contribution >= 4 is 11.0 Å². The van der Waals surface area contributed by atoms with Crippen LogP contribution in [0.2, 0.25) is 0 Å². The van der Waals surface area contributed by atoms with Gasteiger partial charge >= 0.3 is 0 Å². The number of nitrogens with zero attached hydrogens (tertiary/aromatic N) is 3. The summed E-state index contributed by atoms with van der Waals surface area (Å²) >= 11 is 0. The van der Waals surface area contributed by atoms with Crippen molar-refractivity contribution in [2.45, 2.75) is 13.1 Å². The lowest BCUT2D eigenvalue weighted by Crippen LogP contribution is -1.99. The standard InChI is InChI=1S/C19H17N5O/c1-24-17(18(25)16(23-24)11-5-3-2-4-6-11)19-21-14-7-12-9-20-10-13(12)8-15(14)22-19/h2-8,20,25H,9-10H2,1H3,(H,21,22). The summed E-state index contributed by atoms with van der Waals surface area (Å²) in [5.74, 6) is 0.767. The van der Waals surface area contributed by atoms with Gasteiger partial charge < -0.3 is 15.4 Å². The predicted octanol–water partition coefficient (Wildman–Crippen LogP) is 2.94. The second-order valence-electron chi connectivity index (χ2n) is 6.36. The van der Waals surface area contributed by atoms with Gasteiger partial charge in [0.15, 0.2) is 11.6 Å². The SMILES string of the molecule is Cn1nc(-c2ccccc2)c(O)c1-c1nc2cc3c(cc2[nH]1)CNC3. The van der Waals surface area contributed by atoms with E-state index in [-0.39, 0.29) is 5.75 Å². The minimum atomic E-state index is 0.141. The molecule has 0 bridgehead atoms. The van der Waals surface area contributed by atoms with Gasteiger partial charge in [-0.25, -0.2) is 4.98 Å². The van der Waals surface area contributed by atoms with Crippen molar-refractivity contribution in [2.75, 3.05) is 0 Å². The molecule has 4 aromatic rings. The molecular formula is C19H17N5O. The van der Waals surface area contributed by atoms with Crippen LogP contribution in [0.1, 0.15) is 11.1 Å². The number of benzene rings is 2. The molecule has 2 aromatic heterocycles. The maximum Gasteiger partial charge on any atom is 0.173 e. The van der Waals surface area contributed by atoms with E-state index in [9.17, 15) is 5.11 Å². The summed E-state index contributed by atoms with van der Waals surface area (Å²) in [5.41, 5.74) is 6.48. The fourth-order valence-corrected chi connectivity index (χ4v) is 3.49. The largest absolute Gasteiger partial charge is 0.504 e. The van der Waals surface area contributed by atoms with Crippen molar-refractivity contribution in [3.8, 4) is 28.5 Å². The van der Waals surface area contributed by atoms with Gasteiger partial charge in [0.1, 0.15) is 11.4 Å². The van der Waals surface area contributed by atoms with E-state index in [1.54, 1.807) is 4.68 Å². The Morgan fingerprint density at radius 2 is 1.84 bits per heavy atom. The molecule has 0 fully saturated rings. The molecule has 3 heterocycles. The Bertz CT molecular complexity index is 1050. The third-order valence-corrected chi connectivity index (χ3v) is 4.73. The summed E-state index contributed by atoms with van der Waals surface area (Å²) < 4.78 is 1.67. The zero-order valence-electron chi connectivity index (χ0n) is 13.7. The lowest BCUT2D eigenvalue weighted by Gasteiger charge is -1.98. The molecule has 25 heavy (non-hydrogen) atoms. The van der Waals surface area contributed by atoms with Crippen LogP contribution in [-0.4, -0.2) is 24.9 Å². The molecule has 1 aliphatic rings. The first kappa shape index (κ1) is 14.2. The van der Waals surface area contributed by atoms with Crippen molar-refractivity contribution < 1.29 is 5.11 Å². The van der Waals surface area contributed by atoms with Crippen LogP contribution in [0.3, 0.4) is 0 Å². The van der Waals surface area contributed by atoms with Gasteiger partial charge in [0.05, 0.1) is 11.0 Å². The van der Waals surface area contributed by atoms with E-state index in [4.69, 9.17) is 0 Å². The molecule has 0 amide bonds. The number of fused-ring (bicyclic) bond motifs is 2. The zero-order valence-corrected chi connectivity index (χ0v) is 13.7. The fraction of sp³-hybridized carbons (Fsp3) is 0.158. The minimum absolute atomic E-state index is 0.141. The third kappa shape index (κ3) is 2.15. The summed E-state index contributed by atoms with van der Waals surface area (Å²) in [6.07, 6.45) is 0. The first-order chi connectivity index (χ1) is 12.2. The number of hydrogen-bond donors (Lipinski definition) is 3. The van der Waals surface area contributed by atoms with E-state index in [0.29, 0.717) is 17.2 Å². The molecule has 0 saturated carbocycles. The maximum atomic E-state index is 10.8. The topological polar surface area (TPSA) is 78.8 Å². The summed E-state index contributed by atoms with van der Waals surface area (Å²) in [4.78, 5) is 8.01. The molecule has 1 aliphatic heterocycles. The van der Waals surface area contributed by atoms with Gasteiger partial charge in [-0.05, 0) is 23.3 Å². The smallest absolute Gasteiger partial charge is 0.173 e. The van der Waals surface area contributed by atoms with Crippen LogP contribution in [0.25, 0.3) is 33.8 Å². The van der Waals surface area contributed by atoms with Crippen molar-refractivity contribution in [1.29, 1.82) is 0 Å². The molecule has 6 nitrogen and oxygen atoms in total. The second kappa shape index (κ2) is 5.19. The highest BCUT2D eigenvalue weighted by Crippen LogP contribution is 2.37. The molecule has 0 radical (unpaired) electrons. The highest BCUT2D eigenvalue weighted by atomic mass is 16.3. The van der Waals surface area contributed by atoms with Crippen molar-refractivity contribution in [1.82, 2.24) is 25.1 Å². The molecule has 0 unspecified atom stereocenters. The quantitative estimate of drug-likeness (QED) is 0.528. The Kier molecular flexibility index (Phi) is 2.96. The predicted molar refractivity (Wildman–Crippen MR) is 95.9 cm³/mol. The first-order valence-electron chi connectivity index (χ1n) is 8.24. The highest BCUT2D eigenvalue weighted by Gasteiger charge is 2.21. The van der Waals surface area contributed by atoms with Gasteiger partial charge in [0.2, 0.25) is 0 Å². The van der Waals surface area contributed by atoms with E-state index in [1.165, 1.54) is 11.1 Å². The number of rotatable bonds is 2. The molecule has 0 aliphatic carbocycles. The molecule has 124 valence electrons. The summed E-state index contributed by atoms with van der Waals surface area (Å²) in [6, 6.07) is 13.9. The zero-order chi connectivity index (χ0) is 17.0. The van der Waals surface area contributed by atoms with Crippen LogP contribution < -0.4 is 5.32 Å². The van der Waals surface area contributed by atoms with Crippen LogP contribution in [0, 0.1) is 0 Å². The number of imidazole rings is 1. The van der Waals surface area contributed by atoms with Crippen molar-refractivity contribution in [2.24, 2.45) is 7.05 Å². The fourth-order valence-electron chi connectivity index (χ4n) is 3.49. The van der Waals surface area contributed by atoms with Crippen LogP contribution in [-0.2, 0) is 20.1 Å². The Morgan fingerprint density at radius 1 is 1.08 bits per heavy atom. The first-order valence-corrected chi connectivity index (χ1v) is 8.24. The van der Waals surface area contributed by atoms with Crippen LogP contribution >= 0.6 is 0 Å². The second-order valence-corrected chi connectivity index (χ2v) is 6.36. The minimum Gasteiger partial charge on any atom is -0.504 e. The number of aromatic nitrogens is 4. The van der Waals surface area contributed by atoms with Gasteiger partial charge in [-0.3, -0.25) is 4.68 Å². The molecule has 0 spiro atoms. The Morgan fingerprint density at radius 3 is 2.64 bits per heavy atom. The van der Waals surface area contributed by atoms with Crippen LogP contribution in [0.4, 0.5) is 0 Å². The average molecular weight is 331 g/mol. The molecule has 0 atom stereocenters. The lowest BCUT2D eigenvalue weighted by molar-refractivity contribution is 0.478. The lowest BCUT2D eigenvalue weighted by atomic mass is 10.1. The van der Waals surface area contributed by atoms with Crippen molar-refractivity contribution in [3.05, 3.63) is 53.6 Å². The number of aryl methyl sites for hydroxylation is 1. The highest BCUT2D eigenvalue weighted by molar-refractivity contribution is 5.83. The van der Waals surface area contributed by atoms with E-state index >= 15 is 0 Å². The van der Waals surface area contributed by atoms with Gasteiger partial charge in [-0.1, -0.05) is 30.3 Å². The summed E-state index contributed by atoms with van der Waals surface area (Å²) in [7, 11) is 1.82. The number of nitrogens with one attached hydrogen (secondary N) is 2. The van der Waals surface area contributed by atoms with Gasteiger partial charge in [-0.2, -0.15) is 5.10 Å². The number of aromatic amines is 1.